The van der Waals surface area contributed by atoms with E-state index in [9.17, 15) is 14.7 Å². The van der Waals surface area contributed by atoms with Gasteiger partial charge in [0.25, 0.3) is 5.91 Å². The van der Waals surface area contributed by atoms with E-state index in [1.54, 1.807) is 25.3 Å². The first kappa shape index (κ1) is 22.5. The fourth-order valence-electron chi connectivity index (χ4n) is 3.92. The lowest BCUT2D eigenvalue weighted by Gasteiger charge is -2.06. The molecule has 0 unspecified atom stereocenters. The monoisotopic (exact) mass is 483 g/mol. The second-order valence-electron chi connectivity index (χ2n) is 7.91. The molecule has 4 aromatic rings. The molecule has 0 radical (unpaired) electrons. The van der Waals surface area contributed by atoms with Crippen LogP contribution in [0.2, 0.25) is 0 Å². The minimum absolute atomic E-state index is 0.201. The fraction of sp³-hybridized carbons (Fsp3) is 0.0741. The van der Waals surface area contributed by atoms with Crippen molar-refractivity contribution in [3.05, 3.63) is 101 Å². The van der Waals surface area contributed by atoms with E-state index >= 15 is 0 Å². The zero-order chi connectivity index (χ0) is 24.4. The molecule has 0 aliphatic carbocycles. The summed E-state index contributed by atoms with van der Waals surface area (Å²) in [7, 11) is 1.61. The lowest BCUT2D eigenvalue weighted by atomic mass is 10.1. The van der Waals surface area contributed by atoms with Crippen molar-refractivity contribution >= 4 is 51.5 Å². The van der Waals surface area contributed by atoms with Crippen molar-refractivity contribution in [3.8, 4) is 5.75 Å². The molecule has 1 fully saturated rings. The van der Waals surface area contributed by atoms with Gasteiger partial charge in [-0.05, 0) is 65.9 Å². The van der Waals surface area contributed by atoms with E-state index in [-0.39, 0.29) is 11.5 Å². The van der Waals surface area contributed by atoms with Gasteiger partial charge in [-0.3, -0.25) is 4.79 Å². The van der Waals surface area contributed by atoms with E-state index in [0.717, 1.165) is 33.5 Å². The molecule has 174 valence electrons. The fourth-order valence-corrected chi connectivity index (χ4v) is 4.75. The van der Waals surface area contributed by atoms with Crippen LogP contribution in [0.3, 0.4) is 0 Å². The smallest absolute Gasteiger partial charge is 0.335 e. The van der Waals surface area contributed by atoms with Gasteiger partial charge in [0.2, 0.25) is 0 Å². The summed E-state index contributed by atoms with van der Waals surface area (Å²) in [5.74, 6) is -0.414. The zero-order valence-electron chi connectivity index (χ0n) is 18.8. The Hall–Kier alpha value is -4.30. The molecule has 1 amide bonds. The maximum atomic E-state index is 12.7. The van der Waals surface area contributed by atoms with E-state index in [2.05, 4.69) is 14.9 Å². The summed E-state index contributed by atoms with van der Waals surface area (Å²) < 4.78 is 7.23. The number of fused-ring (bicyclic) bond motifs is 1. The van der Waals surface area contributed by atoms with Gasteiger partial charge in [-0.15, -0.1) is 0 Å². The van der Waals surface area contributed by atoms with Crippen LogP contribution in [-0.4, -0.2) is 33.8 Å². The Kier molecular flexibility index (Phi) is 6.12. The van der Waals surface area contributed by atoms with Crippen LogP contribution in [0, 0.1) is 0 Å². The highest BCUT2D eigenvalue weighted by Gasteiger charge is 2.24. The molecule has 35 heavy (non-hydrogen) atoms. The number of nitrogens with zero attached hydrogens (tertiary/aromatic N) is 2. The number of nitrogens with one attached hydrogen (secondary N) is 1. The first-order chi connectivity index (χ1) is 17.0. The first-order valence-electron chi connectivity index (χ1n) is 10.8. The molecule has 0 saturated carbocycles. The van der Waals surface area contributed by atoms with Gasteiger partial charge in [-0.1, -0.05) is 30.3 Å². The number of amides is 1. The lowest BCUT2D eigenvalue weighted by molar-refractivity contribution is -0.115. The third-order valence-electron chi connectivity index (χ3n) is 5.59. The Morgan fingerprint density at radius 1 is 1.11 bits per heavy atom. The summed E-state index contributed by atoms with van der Waals surface area (Å²) in [5, 5.41) is 13.6. The molecule has 0 bridgehead atoms. The molecule has 1 saturated heterocycles. The number of carbonyl (C=O) groups excluding carboxylic acids is 1. The number of methoxy groups -OCH3 is 1. The highest BCUT2D eigenvalue weighted by molar-refractivity contribution is 8.18. The third-order valence-corrected chi connectivity index (χ3v) is 6.50. The number of benzene rings is 3. The zero-order valence-corrected chi connectivity index (χ0v) is 19.6. The summed E-state index contributed by atoms with van der Waals surface area (Å²) >= 11 is 1.29. The van der Waals surface area contributed by atoms with Crippen molar-refractivity contribution in [3.63, 3.8) is 0 Å². The van der Waals surface area contributed by atoms with Crippen LogP contribution >= 0.6 is 11.8 Å². The summed E-state index contributed by atoms with van der Waals surface area (Å²) in [4.78, 5) is 29.1. The Bertz CT molecular complexity index is 1500. The number of carboxylic acids is 1. The summed E-state index contributed by atoms with van der Waals surface area (Å²) in [6.45, 7) is 0.508. The van der Waals surface area contributed by atoms with Crippen molar-refractivity contribution < 1.29 is 19.4 Å². The van der Waals surface area contributed by atoms with Crippen molar-refractivity contribution in [1.29, 1.82) is 0 Å². The van der Waals surface area contributed by atoms with Crippen molar-refractivity contribution in [2.75, 3.05) is 7.11 Å². The number of aliphatic imine (C=N–C) groups is 1. The molecule has 5 rings (SSSR count). The average Bonchev–Trinajstić information content (AvgIpc) is 3.39. The second kappa shape index (κ2) is 9.52. The van der Waals surface area contributed by atoms with Crippen molar-refractivity contribution in [1.82, 2.24) is 9.88 Å². The number of hydrogen-bond acceptors (Lipinski definition) is 5. The summed E-state index contributed by atoms with van der Waals surface area (Å²) in [5.41, 5.74) is 3.75. The number of amidine groups is 1. The molecule has 1 aliphatic rings. The summed E-state index contributed by atoms with van der Waals surface area (Å²) in [6.07, 6.45) is 3.85. The maximum absolute atomic E-state index is 12.7. The molecule has 7 nitrogen and oxygen atoms in total. The van der Waals surface area contributed by atoms with Crippen LogP contribution in [-0.2, 0) is 11.3 Å². The van der Waals surface area contributed by atoms with E-state index in [0.29, 0.717) is 16.6 Å². The van der Waals surface area contributed by atoms with Gasteiger partial charge in [0.15, 0.2) is 5.17 Å². The molecule has 2 heterocycles. The molecule has 1 aliphatic heterocycles. The SMILES string of the molecule is COc1ccc(N=C2NC(=O)/C(=C\c3cn(Cc4cccc(C(=O)O)c4)c4ccccc34)S2)cc1. The number of aromatic carboxylic acids is 1. The van der Waals surface area contributed by atoms with Gasteiger partial charge in [-0.25, -0.2) is 9.79 Å². The van der Waals surface area contributed by atoms with E-state index < -0.39 is 5.97 Å². The van der Waals surface area contributed by atoms with Gasteiger partial charge in [0.1, 0.15) is 5.75 Å². The minimum Gasteiger partial charge on any atom is -0.497 e. The van der Waals surface area contributed by atoms with E-state index in [1.807, 2.05) is 66.9 Å². The summed E-state index contributed by atoms with van der Waals surface area (Å²) in [6, 6.07) is 22.1. The van der Waals surface area contributed by atoms with E-state index in [1.165, 1.54) is 11.8 Å². The quantitative estimate of drug-likeness (QED) is 0.364. The number of hydrogen-bond donors (Lipinski definition) is 2. The predicted molar refractivity (Wildman–Crippen MR) is 138 cm³/mol. The van der Waals surface area contributed by atoms with E-state index in [4.69, 9.17) is 4.74 Å². The topological polar surface area (TPSA) is 92.9 Å². The molecule has 2 N–H and O–H groups in total. The maximum Gasteiger partial charge on any atom is 0.335 e. The van der Waals surface area contributed by atoms with Crippen molar-refractivity contribution in [2.24, 2.45) is 4.99 Å². The van der Waals surface area contributed by atoms with Gasteiger partial charge in [0.05, 0.1) is 23.3 Å². The molecular formula is C27H21N3O4S. The normalized spacial score (nSPS) is 15.6. The lowest BCUT2D eigenvalue weighted by Crippen LogP contribution is -2.19. The number of para-hydroxylation sites is 1. The van der Waals surface area contributed by atoms with Crippen LogP contribution in [0.5, 0.6) is 5.75 Å². The van der Waals surface area contributed by atoms with Crippen LogP contribution in [0.25, 0.3) is 17.0 Å². The van der Waals surface area contributed by atoms with Gasteiger partial charge in [0, 0.05) is 29.2 Å². The van der Waals surface area contributed by atoms with Gasteiger partial charge in [-0.2, -0.15) is 0 Å². The highest BCUT2D eigenvalue weighted by atomic mass is 32.2. The number of carbonyl (C=O) groups is 2. The number of carboxylic acid groups (broad SMARTS) is 1. The molecule has 3 aromatic carbocycles. The highest BCUT2D eigenvalue weighted by Crippen LogP contribution is 2.31. The second-order valence-corrected chi connectivity index (χ2v) is 8.95. The molecule has 8 heteroatoms. The number of thioether (sulfide) groups is 1. The van der Waals surface area contributed by atoms with Crippen molar-refractivity contribution in [2.45, 2.75) is 6.54 Å². The van der Waals surface area contributed by atoms with Gasteiger partial charge < -0.3 is 19.7 Å². The Balaban J connectivity index is 1.44. The third kappa shape index (κ3) is 4.83. The standard InChI is InChI=1S/C27H21N3O4S/c1-34-21-11-9-20(10-12-21)28-27-29-25(31)24(35-27)14-19-16-30(23-8-3-2-7-22(19)23)15-17-5-4-6-18(13-17)26(32)33/h2-14,16H,15H2,1H3,(H,32,33)(H,28,29,31)/b24-14+. The Labute approximate surface area is 205 Å². The number of rotatable bonds is 6. The Morgan fingerprint density at radius 2 is 1.91 bits per heavy atom. The predicted octanol–water partition coefficient (Wildman–Crippen LogP) is 5.29. The van der Waals surface area contributed by atoms with Crippen LogP contribution in [0.4, 0.5) is 5.69 Å². The minimum atomic E-state index is -0.953. The number of aromatic nitrogens is 1. The van der Waals surface area contributed by atoms with Crippen LogP contribution in [0.1, 0.15) is 21.5 Å². The Morgan fingerprint density at radius 3 is 2.69 bits per heavy atom. The number of ether oxygens (including phenoxy) is 1. The molecule has 0 spiro atoms. The average molecular weight is 484 g/mol. The molecule has 0 atom stereocenters. The van der Waals surface area contributed by atoms with Gasteiger partial charge >= 0.3 is 5.97 Å². The largest absolute Gasteiger partial charge is 0.497 e. The first-order valence-corrected chi connectivity index (χ1v) is 11.7. The van der Waals surface area contributed by atoms with Crippen LogP contribution in [0.15, 0.2) is 88.9 Å². The molecular weight excluding hydrogens is 462 g/mol. The van der Waals surface area contributed by atoms with Crippen LogP contribution < -0.4 is 10.1 Å². The molecule has 1 aromatic heterocycles.